The molecule has 3 nitrogen and oxygen atoms in total. The van der Waals surface area contributed by atoms with E-state index in [1.165, 1.54) is 6.07 Å². The molecule has 0 aliphatic rings. The minimum Gasteiger partial charge on any atom is -0.465 e. The fraction of sp³-hybridized carbons (Fsp3) is 0.500. The molecule has 106 valence electrons. The first-order valence-corrected chi connectivity index (χ1v) is 6.37. The average molecular weight is 271 g/mol. The van der Waals surface area contributed by atoms with Crippen molar-refractivity contribution in [3.8, 4) is 0 Å². The third kappa shape index (κ3) is 4.28. The Hall–Kier alpha value is -1.49. The highest BCUT2D eigenvalue weighted by Crippen LogP contribution is 2.19. The van der Waals surface area contributed by atoms with Crippen molar-refractivity contribution in [2.75, 3.05) is 6.61 Å². The highest BCUT2D eigenvalue weighted by Gasteiger charge is 2.24. The molecule has 2 unspecified atom stereocenters. The number of carbonyl (C=O) groups excluding carboxylic acids is 1. The van der Waals surface area contributed by atoms with Crippen LogP contribution in [0.3, 0.4) is 0 Å². The van der Waals surface area contributed by atoms with Crippen LogP contribution in [0.2, 0.25) is 0 Å². The van der Waals surface area contributed by atoms with E-state index in [0.717, 1.165) is 18.6 Å². The second-order valence-corrected chi connectivity index (χ2v) is 4.33. The van der Waals surface area contributed by atoms with Gasteiger partial charge < -0.3 is 4.74 Å². The fourth-order valence-corrected chi connectivity index (χ4v) is 1.62. The maximum absolute atomic E-state index is 13.3. The first-order valence-electron chi connectivity index (χ1n) is 6.37. The highest BCUT2D eigenvalue weighted by atomic mass is 19.2. The van der Waals surface area contributed by atoms with Gasteiger partial charge in [-0.05, 0) is 38.0 Å². The minimum atomic E-state index is -0.974. The lowest BCUT2D eigenvalue weighted by Crippen LogP contribution is -2.36. The van der Waals surface area contributed by atoms with Crippen LogP contribution in [0.5, 0.6) is 0 Å². The number of hydrogen-bond donors (Lipinski definition) is 1. The Balaban J connectivity index is 3.00. The van der Waals surface area contributed by atoms with Crippen LogP contribution >= 0.6 is 0 Å². The van der Waals surface area contributed by atoms with Gasteiger partial charge in [-0.1, -0.05) is 13.0 Å². The van der Waals surface area contributed by atoms with Gasteiger partial charge in [-0.2, -0.15) is 0 Å². The van der Waals surface area contributed by atoms with E-state index in [-0.39, 0.29) is 12.6 Å². The van der Waals surface area contributed by atoms with E-state index < -0.39 is 23.6 Å². The number of halogens is 2. The molecule has 1 rings (SSSR count). The summed E-state index contributed by atoms with van der Waals surface area (Å²) in [5.74, 6) is -2.40. The van der Waals surface area contributed by atoms with Crippen molar-refractivity contribution in [3.05, 3.63) is 35.4 Å². The molecule has 0 spiro atoms. The Bertz CT molecular complexity index is 437. The van der Waals surface area contributed by atoms with E-state index in [4.69, 9.17) is 4.74 Å². The van der Waals surface area contributed by atoms with Crippen molar-refractivity contribution < 1.29 is 18.3 Å². The Morgan fingerprint density at radius 3 is 2.53 bits per heavy atom. The average Bonchev–Trinajstić information content (AvgIpc) is 2.39. The van der Waals surface area contributed by atoms with Gasteiger partial charge in [0, 0.05) is 6.04 Å². The monoisotopic (exact) mass is 271 g/mol. The molecule has 0 radical (unpaired) electrons. The lowest BCUT2D eigenvalue weighted by molar-refractivity contribution is -0.146. The Morgan fingerprint density at radius 2 is 2.00 bits per heavy atom. The number of esters is 1. The van der Waals surface area contributed by atoms with Crippen molar-refractivity contribution in [2.24, 2.45) is 0 Å². The number of nitrogens with one attached hydrogen (secondary N) is 1. The zero-order valence-corrected chi connectivity index (χ0v) is 11.4. The highest BCUT2D eigenvalue weighted by molar-refractivity contribution is 5.77. The van der Waals surface area contributed by atoms with Crippen LogP contribution in [0.15, 0.2) is 18.2 Å². The summed E-state index contributed by atoms with van der Waals surface area (Å²) in [6.07, 6.45) is 0.805. The number of hydrogen-bond acceptors (Lipinski definition) is 3. The SMILES string of the molecule is CCOC(=O)C(NC(C)CC)c1ccc(F)c(F)c1. The second kappa shape index (κ2) is 7.19. The molecular weight excluding hydrogens is 252 g/mol. The number of carbonyl (C=O) groups is 1. The number of benzene rings is 1. The van der Waals surface area contributed by atoms with E-state index in [9.17, 15) is 13.6 Å². The molecule has 0 aromatic heterocycles. The van der Waals surface area contributed by atoms with E-state index in [1.807, 2.05) is 13.8 Å². The smallest absolute Gasteiger partial charge is 0.327 e. The first-order chi connectivity index (χ1) is 8.99. The summed E-state index contributed by atoms with van der Waals surface area (Å²) in [5, 5.41) is 3.05. The van der Waals surface area contributed by atoms with Crippen LogP contribution in [0.4, 0.5) is 8.78 Å². The molecule has 0 bridgehead atoms. The zero-order chi connectivity index (χ0) is 14.4. The molecule has 0 aliphatic heterocycles. The van der Waals surface area contributed by atoms with Crippen LogP contribution < -0.4 is 5.32 Å². The van der Waals surface area contributed by atoms with Crippen LogP contribution in [-0.4, -0.2) is 18.6 Å². The van der Waals surface area contributed by atoms with Gasteiger partial charge in [0.15, 0.2) is 11.6 Å². The van der Waals surface area contributed by atoms with Crippen LogP contribution in [0.1, 0.15) is 38.8 Å². The van der Waals surface area contributed by atoms with E-state index in [2.05, 4.69) is 5.32 Å². The normalized spacial score (nSPS) is 13.9. The summed E-state index contributed by atoms with van der Waals surface area (Å²) in [6.45, 7) is 5.81. The quantitative estimate of drug-likeness (QED) is 0.808. The van der Waals surface area contributed by atoms with Gasteiger partial charge >= 0.3 is 5.97 Å². The Morgan fingerprint density at radius 1 is 1.32 bits per heavy atom. The van der Waals surface area contributed by atoms with Gasteiger partial charge in [0.1, 0.15) is 6.04 Å². The molecule has 0 fully saturated rings. The van der Waals surface area contributed by atoms with Crippen LogP contribution in [-0.2, 0) is 9.53 Å². The van der Waals surface area contributed by atoms with E-state index in [1.54, 1.807) is 6.92 Å². The Kier molecular flexibility index (Phi) is 5.89. The van der Waals surface area contributed by atoms with Crippen molar-refractivity contribution in [2.45, 2.75) is 39.3 Å². The third-order valence-corrected chi connectivity index (χ3v) is 2.86. The van der Waals surface area contributed by atoms with Gasteiger partial charge in [-0.25, -0.2) is 13.6 Å². The van der Waals surface area contributed by atoms with Crippen LogP contribution in [0, 0.1) is 11.6 Å². The summed E-state index contributed by atoms with van der Waals surface area (Å²) in [4.78, 5) is 11.9. The summed E-state index contributed by atoms with van der Waals surface area (Å²) >= 11 is 0. The third-order valence-electron chi connectivity index (χ3n) is 2.86. The summed E-state index contributed by atoms with van der Waals surface area (Å²) in [7, 11) is 0. The molecule has 0 heterocycles. The second-order valence-electron chi connectivity index (χ2n) is 4.33. The predicted octanol–water partition coefficient (Wildman–Crippen LogP) is 2.96. The molecule has 0 saturated heterocycles. The summed E-state index contributed by atoms with van der Waals surface area (Å²) < 4.78 is 31.1. The predicted molar refractivity (Wildman–Crippen MR) is 68.6 cm³/mol. The van der Waals surface area contributed by atoms with Crippen molar-refractivity contribution in [1.29, 1.82) is 0 Å². The van der Waals surface area contributed by atoms with Gasteiger partial charge in [-0.15, -0.1) is 0 Å². The molecule has 5 heteroatoms. The number of rotatable bonds is 6. The molecule has 0 amide bonds. The van der Waals surface area contributed by atoms with E-state index in [0.29, 0.717) is 5.56 Å². The summed E-state index contributed by atoms with van der Waals surface area (Å²) in [5.41, 5.74) is 0.359. The van der Waals surface area contributed by atoms with Gasteiger partial charge in [-0.3, -0.25) is 5.32 Å². The maximum atomic E-state index is 13.3. The van der Waals surface area contributed by atoms with Crippen molar-refractivity contribution in [3.63, 3.8) is 0 Å². The standard InChI is InChI=1S/C14H19F2NO2/c1-4-9(3)17-13(14(18)19-5-2)10-6-7-11(15)12(16)8-10/h6-9,13,17H,4-5H2,1-3H3. The van der Waals surface area contributed by atoms with Gasteiger partial charge in [0.05, 0.1) is 6.61 Å². The number of ether oxygens (including phenoxy) is 1. The van der Waals surface area contributed by atoms with E-state index >= 15 is 0 Å². The maximum Gasteiger partial charge on any atom is 0.327 e. The lowest BCUT2D eigenvalue weighted by atomic mass is 10.1. The fourth-order valence-electron chi connectivity index (χ4n) is 1.62. The molecule has 0 saturated carbocycles. The van der Waals surface area contributed by atoms with Crippen molar-refractivity contribution in [1.82, 2.24) is 5.32 Å². The molecule has 1 aromatic rings. The zero-order valence-electron chi connectivity index (χ0n) is 11.4. The molecule has 1 aromatic carbocycles. The Labute approximate surface area is 112 Å². The van der Waals surface area contributed by atoms with Gasteiger partial charge in [0.2, 0.25) is 0 Å². The molecule has 2 atom stereocenters. The molecular formula is C14H19F2NO2. The molecule has 1 N–H and O–H groups in total. The molecule has 0 aliphatic carbocycles. The lowest BCUT2D eigenvalue weighted by Gasteiger charge is -2.21. The minimum absolute atomic E-state index is 0.0579. The summed E-state index contributed by atoms with van der Waals surface area (Å²) in [6, 6.07) is 2.68. The van der Waals surface area contributed by atoms with Crippen molar-refractivity contribution >= 4 is 5.97 Å². The van der Waals surface area contributed by atoms with Crippen LogP contribution in [0.25, 0.3) is 0 Å². The first kappa shape index (κ1) is 15.6. The topological polar surface area (TPSA) is 38.3 Å². The largest absolute Gasteiger partial charge is 0.465 e. The van der Waals surface area contributed by atoms with Gasteiger partial charge in [0.25, 0.3) is 0 Å². The molecule has 19 heavy (non-hydrogen) atoms.